The second-order valence-electron chi connectivity index (χ2n) is 4.48. The number of carbonyl (C=O) groups is 1. The second kappa shape index (κ2) is 7.07. The predicted octanol–water partition coefficient (Wildman–Crippen LogP) is 4.61. The number of nitrogen functional groups attached to an aromatic ring is 1. The van der Waals surface area contributed by atoms with E-state index in [4.69, 9.17) is 28.9 Å². The topological polar surface area (TPSA) is 55.1 Å². The summed E-state index contributed by atoms with van der Waals surface area (Å²) >= 11 is 13.3. The maximum absolute atomic E-state index is 11.9. The van der Waals surface area contributed by atoms with Gasteiger partial charge in [-0.3, -0.25) is 4.79 Å². The number of amides is 1. The summed E-state index contributed by atoms with van der Waals surface area (Å²) < 4.78 is 0. The maximum Gasteiger partial charge on any atom is 0.234 e. The van der Waals surface area contributed by atoms with Crippen LogP contribution in [0.1, 0.15) is 5.56 Å². The Morgan fingerprint density at radius 3 is 2.71 bits per heavy atom. The zero-order valence-corrected chi connectivity index (χ0v) is 13.6. The lowest BCUT2D eigenvalue weighted by Crippen LogP contribution is -2.14. The Bertz CT molecular complexity index is 677. The Hall–Kier alpha value is -1.36. The van der Waals surface area contributed by atoms with E-state index in [1.807, 2.05) is 19.1 Å². The maximum atomic E-state index is 11.9. The highest BCUT2D eigenvalue weighted by Gasteiger charge is 2.07. The minimum Gasteiger partial charge on any atom is -0.398 e. The molecule has 0 aliphatic rings. The summed E-state index contributed by atoms with van der Waals surface area (Å²) in [5.74, 6) is 0.118. The van der Waals surface area contributed by atoms with Crippen LogP contribution >= 0.6 is 35.0 Å². The monoisotopic (exact) mass is 340 g/mol. The van der Waals surface area contributed by atoms with Crippen LogP contribution < -0.4 is 11.1 Å². The van der Waals surface area contributed by atoms with Crippen molar-refractivity contribution in [3.05, 3.63) is 52.0 Å². The van der Waals surface area contributed by atoms with Crippen LogP contribution in [0.2, 0.25) is 10.0 Å². The minimum atomic E-state index is -0.126. The molecule has 21 heavy (non-hydrogen) atoms. The number of hydrogen-bond acceptors (Lipinski definition) is 3. The first-order valence-corrected chi connectivity index (χ1v) is 7.93. The van der Waals surface area contributed by atoms with E-state index >= 15 is 0 Å². The van der Waals surface area contributed by atoms with Crippen molar-refractivity contribution in [1.29, 1.82) is 0 Å². The number of hydrogen-bond donors (Lipinski definition) is 2. The van der Waals surface area contributed by atoms with Gasteiger partial charge in [-0.1, -0.05) is 29.3 Å². The fourth-order valence-electron chi connectivity index (χ4n) is 1.65. The quantitative estimate of drug-likeness (QED) is 0.630. The SMILES string of the molecule is Cc1ccc(NC(=O)CSc2cc(Cl)ccc2Cl)cc1N. The molecule has 0 unspecified atom stereocenters. The van der Waals surface area contributed by atoms with Gasteiger partial charge in [0.15, 0.2) is 0 Å². The highest BCUT2D eigenvalue weighted by atomic mass is 35.5. The number of benzene rings is 2. The van der Waals surface area contributed by atoms with Crippen LogP contribution in [-0.4, -0.2) is 11.7 Å². The third-order valence-corrected chi connectivity index (χ3v) is 4.55. The third kappa shape index (κ3) is 4.56. The Kier molecular flexibility index (Phi) is 5.39. The van der Waals surface area contributed by atoms with Crippen molar-refractivity contribution >= 4 is 52.2 Å². The van der Waals surface area contributed by atoms with Crippen molar-refractivity contribution in [1.82, 2.24) is 0 Å². The molecule has 0 radical (unpaired) electrons. The largest absolute Gasteiger partial charge is 0.398 e. The zero-order chi connectivity index (χ0) is 15.4. The van der Waals surface area contributed by atoms with Crippen LogP contribution in [0.5, 0.6) is 0 Å². The number of thioether (sulfide) groups is 1. The lowest BCUT2D eigenvalue weighted by Gasteiger charge is -2.08. The van der Waals surface area contributed by atoms with Crippen LogP contribution in [0.4, 0.5) is 11.4 Å². The van der Waals surface area contributed by atoms with Crippen molar-refractivity contribution < 1.29 is 4.79 Å². The predicted molar refractivity (Wildman–Crippen MR) is 91.4 cm³/mol. The molecule has 110 valence electrons. The summed E-state index contributed by atoms with van der Waals surface area (Å²) in [6, 6.07) is 10.6. The van der Waals surface area contributed by atoms with Crippen LogP contribution in [0.15, 0.2) is 41.3 Å². The summed E-state index contributed by atoms with van der Waals surface area (Å²) in [4.78, 5) is 12.7. The van der Waals surface area contributed by atoms with E-state index in [9.17, 15) is 4.79 Å². The smallest absolute Gasteiger partial charge is 0.234 e. The number of halogens is 2. The van der Waals surface area contributed by atoms with Gasteiger partial charge < -0.3 is 11.1 Å². The first-order chi connectivity index (χ1) is 9.95. The van der Waals surface area contributed by atoms with Gasteiger partial charge in [0.1, 0.15) is 0 Å². The van der Waals surface area contributed by atoms with Crippen LogP contribution in [0.25, 0.3) is 0 Å². The summed E-state index contributed by atoms with van der Waals surface area (Å²) in [5.41, 5.74) is 8.12. The van der Waals surface area contributed by atoms with Crippen LogP contribution in [-0.2, 0) is 4.79 Å². The minimum absolute atomic E-state index is 0.126. The molecule has 0 atom stereocenters. The number of nitrogens with two attached hydrogens (primary N) is 1. The van der Waals surface area contributed by atoms with E-state index in [0.29, 0.717) is 21.4 Å². The average Bonchev–Trinajstić information content (AvgIpc) is 2.44. The van der Waals surface area contributed by atoms with Crippen molar-refractivity contribution in [2.75, 3.05) is 16.8 Å². The van der Waals surface area contributed by atoms with Gasteiger partial charge in [-0.2, -0.15) is 0 Å². The first-order valence-electron chi connectivity index (χ1n) is 6.19. The molecular weight excluding hydrogens is 327 g/mol. The lowest BCUT2D eigenvalue weighted by atomic mass is 10.2. The summed E-state index contributed by atoms with van der Waals surface area (Å²) in [6.45, 7) is 1.91. The van der Waals surface area contributed by atoms with Gasteiger partial charge in [-0.15, -0.1) is 11.8 Å². The fraction of sp³-hybridized carbons (Fsp3) is 0.133. The molecule has 0 aromatic heterocycles. The molecule has 6 heteroatoms. The van der Waals surface area contributed by atoms with Gasteiger partial charge in [0.2, 0.25) is 5.91 Å². The van der Waals surface area contributed by atoms with E-state index in [2.05, 4.69) is 5.32 Å². The molecule has 3 nitrogen and oxygen atoms in total. The van der Waals surface area contributed by atoms with Crippen molar-refractivity contribution in [3.8, 4) is 0 Å². The van der Waals surface area contributed by atoms with Crippen LogP contribution in [0.3, 0.4) is 0 Å². The molecule has 2 aromatic rings. The van der Waals surface area contributed by atoms with Crippen molar-refractivity contribution in [3.63, 3.8) is 0 Å². The molecule has 1 amide bonds. The Balaban J connectivity index is 1.95. The van der Waals surface area contributed by atoms with Crippen LogP contribution in [0, 0.1) is 6.92 Å². The van der Waals surface area contributed by atoms with Crippen molar-refractivity contribution in [2.45, 2.75) is 11.8 Å². The first kappa shape index (κ1) is 16.0. The normalized spacial score (nSPS) is 10.4. The van der Waals surface area contributed by atoms with Gasteiger partial charge >= 0.3 is 0 Å². The van der Waals surface area contributed by atoms with Gasteiger partial charge in [0.05, 0.1) is 10.8 Å². The molecule has 2 aromatic carbocycles. The van der Waals surface area contributed by atoms with E-state index in [-0.39, 0.29) is 11.7 Å². The van der Waals surface area contributed by atoms with E-state index < -0.39 is 0 Å². The Labute approximate surface area is 137 Å². The van der Waals surface area contributed by atoms with E-state index in [1.165, 1.54) is 11.8 Å². The van der Waals surface area contributed by atoms with Gasteiger partial charge in [0, 0.05) is 21.3 Å². The van der Waals surface area contributed by atoms with Gasteiger partial charge in [-0.25, -0.2) is 0 Å². The highest BCUT2D eigenvalue weighted by Crippen LogP contribution is 2.30. The molecule has 2 rings (SSSR count). The number of anilines is 2. The highest BCUT2D eigenvalue weighted by molar-refractivity contribution is 8.00. The molecule has 3 N–H and O–H groups in total. The second-order valence-corrected chi connectivity index (χ2v) is 6.34. The summed E-state index contributed by atoms with van der Waals surface area (Å²) in [7, 11) is 0. The van der Waals surface area contributed by atoms with Crippen molar-refractivity contribution in [2.24, 2.45) is 0 Å². The molecule has 0 spiro atoms. The number of rotatable bonds is 4. The molecule has 0 saturated carbocycles. The molecule has 0 aliphatic heterocycles. The van der Waals surface area contributed by atoms with Gasteiger partial charge in [-0.05, 0) is 42.8 Å². The van der Waals surface area contributed by atoms with E-state index in [0.717, 1.165) is 10.5 Å². The third-order valence-electron chi connectivity index (χ3n) is 2.82. The summed E-state index contributed by atoms with van der Waals surface area (Å²) in [5, 5.41) is 3.97. The van der Waals surface area contributed by atoms with Gasteiger partial charge in [0.25, 0.3) is 0 Å². The standard InChI is InChI=1S/C15H14Cl2N2OS/c1-9-2-4-11(7-13(9)18)19-15(20)8-21-14-6-10(16)3-5-12(14)17/h2-7H,8,18H2,1H3,(H,19,20). The molecule has 0 aliphatic carbocycles. The molecular formula is C15H14Cl2N2OS. The molecule has 0 bridgehead atoms. The Morgan fingerprint density at radius 2 is 2.00 bits per heavy atom. The molecule has 0 heterocycles. The molecule has 0 fully saturated rings. The average molecular weight is 341 g/mol. The summed E-state index contributed by atoms with van der Waals surface area (Å²) in [6.07, 6.45) is 0. The fourth-order valence-corrected chi connectivity index (χ4v) is 2.94. The lowest BCUT2D eigenvalue weighted by molar-refractivity contribution is -0.113. The zero-order valence-electron chi connectivity index (χ0n) is 11.3. The number of aryl methyl sites for hydroxylation is 1. The Morgan fingerprint density at radius 1 is 1.24 bits per heavy atom. The number of carbonyl (C=O) groups excluding carboxylic acids is 1. The van der Waals surface area contributed by atoms with E-state index in [1.54, 1.807) is 24.3 Å². The molecule has 0 saturated heterocycles. The number of nitrogens with one attached hydrogen (secondary N) is 1.